The normalized spacial score (nSPS) is 29.9. The highest BCUT2D eigenvalue weighted by molar-refractivity contribution is 5.79. The fourth-order valence-electron chi connectivity index (χ4n) is 4.90. The molecule has 1 aromatic rings. The van der Waals surface area contributed by atoms with E-state index in [-0.39, 0.29) is 0 Å². The van der Waals surface area contributed by atoms with Crippen molar-refractivity contribution in [2.45, 2.75) is 76.9 Å². The lowest BCUT2D eigenvalue weighted by atomic mass is 9.69. The zero-order valence-corrected chi connectivity index (χ0v) is 14.8. The molecule has 2 N–H and O–H groups in total. The quantitative estimate of drug-likeness (QED) is 0.659. The van der Waals surface area contributed by atoms with Gasteiger partial charge in [0, 0.05) is 26.1 Å². The molecule has 6 nitrogen and oxygen atoms in total. The van der Waals surface area contributed by atoms with E-state index in [1.54, 1.807) is 0 Å². The molecule has 6 heteroatoms. The highest BCUT2D eigenvalue weighted by atomic mass is 15.3. The van der Waals surface area contributed by atoms with Crippen LogP contribution in [0.15, 0.2) is 4.99 Å². The Kier molecular flexibility index (Phi) is 4.72. The standard InChI is InChI=1S/C18H30N6/c1-19-18(20-12-17-23-22-16-7-4-10-24(16)17)21-15-9-8-13-5-2-3-6-14(13)11-15/h13-15H,2-12H2,1H3,(H2,19,20,21). The summed E-state index contributed by atoms with van der Waals surface area (Å²) in [6, 6.07) is 0.569. The first-order chi connectivity index (χ1) is 11.8. The van der Waals surface area contributed by atoms with E-state index < -0.39 is 0 Å². The Labute approximate surface area is 144 Å². The van der Waals surface area contributed by atoms with Crippen LogP contribution in [0.3, 0.4) is 0 Å². The molecule has 24 heavy (non-hydrogen) atoms. The average Bonchev–Trinajstić information content (AvgIpc) is 3.22. The van der Waals surface area contributed by atoms with Gasteiger partial charge in [0.05, 0.1) is 6.54 Å². The second-order valence-electron chi connectivity index (χ2n) is 7.67. The topological polar surface area (TPSA) is 67.1 Å². The fraction of sp³-hybridized carbons (Fsp3) is 0.833. The summed E-state index contributed by atoms with van der Waals surface area (Å²) in [4.78, 5) is 4.42. The number of rotatable bonds is 3. The van der Waals surface area contributed by atoms with Crippen molar-refractivity contribution in [1.29, 1.82) is 0 Å². The van der Waals surface area contributed by atoms with Crippen molar-refractivity contribution in [2.24, 2.45) is 16.8 Å². The number of aryl methyl sites for hydroxylation is 1. The lowest BCUT2D eigenvalue weighted by Crippen LogP contribution is -2.46. The first-order valence-corrected chi connectivity index (χ1v) is 9.71. The van der Waals surface area contributed by atoms with Crippen LogP contribution in [-0.4, -0.2) is 33.8 Å². The molecule has 2 saturated carbocycles. The summed E-state index contributed by atoms with van der Waals surface area (Å²) in [7, 11) is 1.86. The molecule has 0 saturated heterocycles. The van der Waals surface area contributed by atoms with Gasteiger partial charge in [-0.1, -0.05) is 25.7 Å². The Morgan fingerprint density at radius 1 is 1.12 bits per heavy atom. The van der Waals surface area contributed by atoms with Gasteiger partial charge < -0.3 is 15.2 Å². The van der Waals surface area contributed by atoms with Gasteiger partial charge >= 0.3 is 0 Å². The summed E-state index contributed by atoms with van der Waals surface area (Å²) >= 11 is 0. The third kappa shape index (κ3) is 3.28. The van der Waals surface area contributed by atoms with Gasteiger partial charge in [-0.3, -0.25) is 4.99 Å². The minimum Gasteiger partial charge on any atom is -0.354 e. The van der Waals surface area contributed by atoms with Gasteiger partial charge in [0.2, 0.25) is 0 Å². The van der Waals surface area contributed by atoms with Gasteiger partial charge in [0.15, 0.2) is 11.8 Å². The summed E-state index contributed by atoms with van der Waals surface area (Å²) < 4.78 is 2.24. The van der Waals surface area contributed by atoms with Crippen LogP contribution in [0.5, 0.6) is 0 Å². The average molecular weight is 330 g/mol. The molecule has 3 aliphatic rings. The fourth-order valence-corrected chi connectivity index (χ4v) is 4.90. The summed E-state index contributed by atoms with van der Waals surface area (Å²) in [5.74, 6) is 4.99. The maximum absolute atomic E-state index is 4.42. The number of guanidine groups is 1. The third-order valence-electron chi connectivity index (χ3n) is 6.20. The minimum atomic E-state index is 0.569. The SMILES string of the molecule is CN=C(NCc1nnc2n1CCC2)NC1CCC2CCCCC2C1. The van der Waals surface area contributed by atoms with Gasteiger partial charge in [0.1, 0.15) is 5.82 Å². The summed E-state index contributed by atoms with van der Waals surface area (Å²) in [5, 5.41) is 15.7. The molecule has 2 heterocycles. The predicted molar refractivity (Wildman–Crippen MR) is 94.8 cm³/mol. The lowest BCUT2D eigenvalue weighted by molar-refractivity contribution is 0.150. The van der Waals surface area contributed by atoms with Gasteiger partial charge in [-0.15, -0.1) is 10.2 Å². The molecule has 4 rings (SSSR count). The van der Waals surface area contributed by atoms with Crippen molar-refractivity contribution >= 4 is 5.96 Å². The molecule has 2 aliphatic carbocycles. The maximum atomic E-state index is 4.42. The van der Waals surface area contributed by atoms with E-state index >= 15 is 0 Å². The first-order valence-electron chi connectivity index (χ1n) is 9.71. The summed E-state index contributed by atoms with van der Waals surface area (Å²) in [6.07, 6.45) is 12.0. The zero-order chi connectivity index (χ0) is 16.4. The Hall–Kier alpha value is -1.59. The summed E-state index contributed by atoms with van der Waals surface area (Å²) in [6.45, 7) is 1.75. The predicted octanol–water partition coefficient (Wildman–Crippen LogP) is 2.25. The molecule has 0 spiro atoms. The number of fused-ring (bicyclic) bond motifs is 2. The molecule has 0 aromatic carbocycles. The van der Waals surface area contributed by atoms with Crippen molar-refractivity contribution in [2.75, 3.05) is 7.05 Å². The van der Waals surface area contributed by atoms with Crippen LogP contribution in [0.1, 0.15) is 63.0 Å². The van der Waals surface area contributed by atoms with E-state index in [1.807, 2.05) is 7.05 Å². The molecule has 132 valence electrons. The second kappa shape index (κ2) is 7.11. The van der Waals surface area contributed by atoms with Crippen LogP contribution < -0.4 is 10.6 Å². The molecule has 0 bridgehead atoms. The largest absolute Gasteiger partial charge is 0.354 e. The van der Waals surface area contributed by atoms with E-state index in [0.29, 0.717) is 12.6 Å². The number of hydrogen-bond acceptors (Lipinski definition) is 3. The van der Waals surface area contributed by atoms with Gasteiger partial charge in [-0.05, 0) is 37.5 Å². The molecule has 3 atom stereocenters. The smallest absolute Gasteiger partial charge is 0.191 e. The first kappa shape index (κ1) is 15.9. The lowest BCUT2D eigenvalue weighted by Gasteiger charge is -2.39. The molecule has 3 unspecified atom stereocenters. The van der Waals surface area contributed by atoms with E-state index in [2.05, 4.69) is 30.4 Å². The molecule has 0 radical (unpaired) electrons. The van der Waals surface area contributed by atoms with Crippen molar-refractivity contribution in [3.8, 4) is 0 Å². The van der Waals surface area contributed by atoms with Crippen molar-refractivity contribution < 1.29 is 0 Å². The van der Waals surface area contributed by atoms with E-state index in [4.69, 9.17) is 0 Å². The molecular formula is C18H30N6. The number of nitrogens with zero attached hydrogens (tertiary/aromatic N) is 4. The van der Waals surface area contributed by atoms with Crippen molar-refractivity contribution in [1.82, 2.24) is 25.4 Å². The number of nitrogens with one attached hydrogen (secondary N) is 2. The van der Waals surface area contributed by atoms with Crippen LogP contribution in [0.25, 0.3) is 0 Å². The molecule has 0 amide bonds. The molecule has 1 aromatic heterocycles. The number of hydrogen-bond donors (Lipinski definition) is 2. The Morgan fingerprint density at radius 3 is 2.88 bits per heavy atom. The maximum Gasteiger partial charge on any atom is 0.191 e. The van der Waals surface area contributed by atoms with Crippen LogP contribution >= 0.6 is 0 Å². The third-order valence-corrected chi connectivity index (χ3v) is 6.20. The minimum absolute atomic E-state index is 0.569. The van der Waals surface area contributed by atoms with Crippen LogP contribution in [0, 0.1) is 11.8 Å². The monoisotopic (exact) mass is 330 g/mol. The highest BCUT2D eigenvalue weighted by Gasteiger charge is 2.32. The van der Waals surface area contributed by atoms with E-state index in [9.17, 15) is 0 Å². The number of aliphatic imine (C=N–C) groups is 1. The summed E-state index contributed by atoms with van der Waals surface area (Å²) in [5.41, 5.74) is 0. The van der Waals surface area contributed by atoms with Crippen LogP contribution in [0.2, 0.25) is 0 Å². The van der Waals surface area contributed by atoms with Crippen LogP contribution in [-0.2, 0) is 19.5 Å². The van der Waals surface area contributed by atoms with Gasteiger partial charge in [-0.25, -0.2) is 0 Å². The van der Waals surface area contributed by atoms with Crippen LogP contribution in [0.4, 0.5) is 0 Å². The van der Waals surface area contributed by atoms with Gasteiger partial charge in [-0.2, -0.15) is 0 Å². The Balaban J connectivity index is 1.30. The molecular weight excluding hydrogens is 300 g/mol. The molecule has 1 aliphatic heterocycles. The van der Waals surface area contributed by atoms with Gasteiger partial charge in [0.25, 0.3) is 0 Å². The molecule has 2 fully saturated rings. The number of aromatic nitrogens is 3. The van der Waals surface area contributed by atoms with Crippen molar-refractivity contribution in [3.63, 3.8) is 0 Å². The Morgan fingerprint density at radius 2 is 2.00 bits per heavy atom. The highest BCUT2D eigenvalue weighted by Crippen LogP contribution is 2.40. The zero-order valence-electron chi connectivity index (χ0n) is 14.8. The van der Waals surface area contributed by atoms with E-state index in [1.165, 1.54) is 51.4 Å². The second-order valence-corrected chi connectivity index (χ2v) is 7.67. The van der Waals surface area contributed by atoms with E-state index in [0.717, 1.165) is 42.4 Å². The Bertz CT molecular complexity index is 592. The van der Waals surface area contributed by atoms with Crippen molar-refractivity contribution in [3.05, 3.63) is 11.6 Å².